The quantitative estimate of drug-likeness (QED) is 0.522. The average Bonchev–Trinajstić information content (AvgIpc) is 3.50. The van der Waals surface area contributed by atoms with E-state index in [9.17, 15) is 13.6 Å². The molecule has 4 aromatic heterocycles. The van der Waals surface area contributed by atoms with Crippen LogP contribution in [0, 0.1) is 0 Å². The van der Waals surface area contributed by atoms with Gasteiger partial charge in [-0.15, -0.1) is 10.2 Å². The molecule has 4 aromatic rings. The lowest BCUT2D eigenvalue weighted by Gasteiger charge is -2.32. The van der Waals surface area contributed by atoms with E-state index < -0.39 is 23.8 Å². The van der Waals surface area contributed by atoms with Gasteiger partial charge in [-0.3, -0.25) is 4.79 Å². The van der Waals surface area contributed by atoms with Crippen LogP contribution >= 0.6 is 0 Å². The third-order valence-electron chi connectivity index (χ3n) is 5.50. The predicted octanol–water partition coefficient (Wildman–Crippen LogP) is 3.46. The number of alkyl halides is 2. The molecule has 9 nitrogen and oxygen atoms in total. The fraction of sp³-hybridized carbons (Fsp3) is 0.381. The van der Waals surface area contributed by atoms with E-state index in [1.54, 1.807) is 23.5 Å². The van der Waals surface area contributed by atoms with Gasteiger partial charge < -0.3 is 14.3 Å². The number of nitrogens with zero attached hydrogens (tertiary/aromatic N) is 6. The highest BCUT2D eigenvalue weighted by Crippen LogP contribution is 2.35. The lowest BCUT2D eigenvalue weighted by Crippen LogP contribution is -2.41. The Hall–Kier alpha value is -3.63. The molecule has 5 heterocycles. The molecule has 1 aliphatic heterocycles. The maximum atomic E-state index is 13.5. The minimum Gasteiger partial charge on any atom is -0.416 e. The van der Waals surface area contributed by atoms with Gasteiger partial charge in [0.15, 0.2) is 0 Å². The molecule has 1 amide bonds. The molecule has 0 bridgehead atoms. The second-order valence-corrected chi connectivity index (χ2v) is 8.74. The molecule has 0 aromatic carbocycles. The molecule has 0 saturated heterocycles. The lowest BCUT2D eigenvalue weighted by molar-refractivity contribution is 0.0642. The number of rotatable bonds is 3. The van der Waals surface area contributed by atoms with Crippen LogP contribution in [0.5, 0.6) is 0 Å². The van der Waals surface area contributed by atoms with E-state index in [-0.39, 0.29) is 17.0 Å². The Morgan fingerprint density at radius 1 is 1.31 bits per heavy atom. The molecule has 5 rings (SSSR count). The summed E-state index contributed by atoms with van der Waals surface area (Å²) in [6.45, 7) is 6.07. The van der Waals surface area contributed by atoms with Crippen LogP contribution in [0.15, 0.2) is 35.1 Å². The topological polar surface area (TPSA) is 105 Å². The van der Waals surface area contributed by atoms with Crippen molar-refractivity contribution in [1.82, 2.24) is 34.7 Å². The number of hydrogen-bond donors (Lipinski definition) is 1. The predicted molar refractivity (Wildman–Crippen MR) is 108 cm³/mol. The summed E-state index contributed by atoms with van der Waals surface area (Å²) in [6.07, 6.45) is 1.05. The van der Waals surface area contributed by atoms with E-state index in [1.807, 2.05) is 20.8 Å². The molecule has 11 heteroatoms. The molecular formula is C21H21F2N7O2. The maximum Gasteiger partial charge on any atom is 0.312 e. The summed E-state index contributed by atoms with van der Waals surface area (Å²) in [5, 5.41) is 12.5. The summed E-state index contributed by atoms with van der Waals surface area (Å²) >= 11 is 0. The Labute approximate surface area is 181 Å². The van der Waals surface area contributed by atoms with Crippen molar-refractivity contribution in [3.63, 3.8) is 0 Å². The first-order valence-corrected chi connectivity index (χ1v) is 10.2. The molecule has 1 aliphatic rings. The second kappa shape index (κ2) is 7.21. The smallest absolute Gasteiger partial charge is 0.312 e. The molecule has 1 atom stereocenters. The molecule has 0 fully saturated rings. The highest BCUT2D eigenvalue weighted by molar-refractivity contribution is 5.90. The molecule has 0 saturated carbocycles. The standard InChI is InChI=1S/C21H21F2N7O2/c1-21(2,3)20-27-26-18(32-20)19(31)29-8-6-12-15(25-10-24-12)16(29)13-9-14-11(17(22)23)5-4-7-30(14)28-13/h4-5,7,9-10,16-17H,6,8H2,1-3H3,(H,24,25). The normalized spacial score (nSPS) is 16.7. The third kappa shape index (κ3) is 3.24. The molecular weight excluding hydrogens is 420 g/mol. The zero-order valence-electron chi connectivity index (χ0n) is 17.7. The number of pyridine rings is 1. The van der Waals surface area contributed by atoms with E-state index in [0.717, 1.165) is 5.69 Å². The van der Waals surface area contributed by atoms with Gasteiger partial charge in [0.2, 0.25) is 5.89 Å². The van der Waals surface area contributed by atoms with Crippen LogP contribution in [0.2, 0.25) is 0 Å². The van der Waals surface area contributed by atoms with E-state index in [0.29, 0.717) is 30.2 Å². The first kappa shape index (κ1) is 20.3. The highest BCUT2D eigenvalue weighted by atomic mass is 19.3. The van der Waals surface area contributed by atoms with Gasteiger partial charge in [0.05, 0.1) is 23.2 Å². The third-order valence-corrected chi connectivity index (χ3v) is 5.50. The van der Waals surface area contributed by atoms with Gasteiger partial charge in [0, 0.05) is 35.8 Å². The van der Waals surface area contributed by atoms with Gasteiger partial charge in [0.25, 0.3) is 6.43 Å². The summed E-state index contributed by atoms with van der Waals surface area (Å²) in [4.78, 5) is 22.4. The number of hydrogen-bond acceptors (Lipinski definition) is 6. The molecule has 32 heavy (non-hydrogen) atoms. The number of amides is 1. The minimum atomic E-state index is -2.65. The van der Waals surface area contributed by atoms with Crippen molar-refractivity contribution in [2.45, 2.75) is 45.1 Å². The van der Waals surface area contributed by atoms with Gasteiger partial charge in [-0.1, -0.05) is 20.8 Å². The summed E-state index contributed by atoms with van der Waals surface area (Å²) in [5.41, 5.74) is 1.65. The van der Waals surface area contributed by atoms with Crippen molar-refractivity contribution >= 4 is 11.4 Å². The number of fused-ring (bicyclic) bond motifs is 2. The van der Waals surface area contributed by atoms with Crippen molar-refractivity contribution in [1.29, 1.82) is 0 Å². The number of carbonyl (C=O) groups excluding carboxylic acids is 1. The van der Waals surface area contributed by atoms with Crippen molar-refractivity contribution in [3.8, 4) is 0 Å². The molecule has 166 valence electrons. The fourth-order valence-electron chi connectivity index (χ4n) is 3.90. The van der Waals surface area contributed by atoms with Crippen LogP contribution in [0.3, 0.4) is 0 Å². The fourth-order valence-corrected chi connectivity index (χ4v) is 3.90. The number of carbonyl (C=O) groups is 1. The number of H-pyrrole nitrogens is 1. The SMILES string of the molecule is CC(C)(C)c1nnc(C(=O)N2CCc3[nH]cnc3C2c2cc3c(C(F)F)cccn3n2)o1. The Balaban J connectivity index is 1.60. The average molecular weight is 441 g/mol. The van der Waals surface area contributed by atoms with Crippen molar-refractivity contribution in [3.05, 3.63) is 65.1 Å². The number of aromatic amines is 1. The molecule has 0 aliphatic carbocycles. The maximum absolute atomic E-state index is 13.5. The van der Waals surface area contributed by atoms with Crippen molar-refractivity contribution in [2.75, 3.05) is 6.54 Å². The van der Waals surface area contributed by atoms with Crippen molar-refractivity contribution < 1.29 is 18.0 Å². The largest absolute Gasteiger partial charge is 0.416 e. The molecule has 0 radical (unpaired) electrons. The van der Waals surface area contributed by atoms with E-state index in [2.05, 4.69) is 25.3 Å². The van der Waals surface area contributed by atoms with Crippen LogP contribution in [-0.4, -0.2) is 47.1 Å². The second-order valence-electron chi connectivity index (χ2n) is 8.74. The highest BCUT2D eigenvalue weighted by Gasteiger charge is 2.38. The van der Waals surface area contributed by atoms with E-state index in [1.165, 1.54) is 16.6 Å². The summed E-state index contributed by atoms with van der Waals surface area (Å²) < 4.78 is 34.1. The number of imidazole rings is 1. The van der Waals surface area contributed by atoms with Crippen molar-refractivity contribution in [2.24, 2.45) is 0 Å². The molecule has 1 unspecified atom stereocenters. The Bertz CT molecular complexity index is 1300. The van der Waals surface area contributed by atoms with Gasteiger partial charge in [-0.25, -0.2) is 18.3 Å². The first-order chi connectivity index (χ1) is 15.2. The first-order valence-electron chi connectivity index (χ1n) is 10.2. The molecule has 1 N–H and O–H groups in total. The van der Waals surface area contributed by atoms with Gasteiger partial charge in [-0.05, 0) is 18.2 Å². The van der Waals surface area contributed by atoms with Crippen LogP contribution in [-0.2, 0) is 11.8 Å². The lowest BCUT2D eigenvalue weighted by atomic mass is 9.97. The van der Waals surface area contributed by atoms with Gasteiger partial charge in [-0.2, -0.15) is 5.10 Å². The van der Waals surface area contributed by atoms with E-state index >= 15 is 0 Å². The van der Waals surface area contributed by atoms with Crippen LogP contribution in [0.1, 0.15) is 72.5 Å². The number of halogens is 2. The van der Waals surface area contributed by atoms with Gasteiger partial charge >= 0.3 is 11.8 Å². The Morgan fingerprint density at radius 2 is 2.12 bits per heavy atom. The van der Waals surface area contributed by atoms with Crippen LogP contribution in [0.4, 0.5) is 8.78 Å². The molecule has 0 spiro atoms. The summed E-state index contributed by atoms with van der Waals surface area (Å²) in [6, 6.07) is 3.77. The number of aromatic nitrogens is 6. The summed E-state index contributed by atoms with van der Waals surface area (Å²) in [7, 11) is 0. The summed E-state index contributed by atoms with van der Waals surface area (Å²) in [5.74, 6) is -0.238. The van der Waals surface area contributed by atoms with Crippen LogP contribution < -0.4 is 0 Å². The zero-order chi connectivity index (χ0) is 22.6. The Kier molecular flexibility index (Phi) is 4.57. The minimum absolute atomic E-state index is 0.129. The van der Waals surface area contributed by atoms with Crippen LogP contribution in [0.25, 0.3) is 5.52 Å². The number of nitrogens with one attached hydrogen (secondary N) is 1. The van der Waals surface area contributed by atoms with Gasteiger partial charge in [0.1, 0.15) is 6.04 Å². The van der Waals surface area contributed by atoms with E-state index in [4.69, 9.17) is 4.42 Å². The zero-order valence-corrected chi connectivity index (χ0v) is 17.7. The Morgan fingerprint density at radius 3 is 2.84 bits per heavy atom. The monoisotopic (exact) mass is 441 g/mol.